The summed E-state index contributed by atoms with van der Waals surface area (Å²) >= 11 is 0. The Morgan fingerprint density at radius 1 is 0.182 bits per heavy atom. The molecular formula is C54H90O45. The Kier molecular flexibility index (Phi) is 27.4. The van der Waals surface area contributed by atoms with Crippen molar-refractivity contribution in [1.82, 2.24) is 0 Å². The molecule has 0 radical (unpaired) electrons. The molecule has 23 heterocycles. The van der Waals surface area contributed by atoms with Crippen molar-refractivity contribution in [3.05, 3.63) is 0 Å². The van der Waals surface area contributed by atoms with Crippen LogP contribution in [0.15, 0.2) is 0 Å². The highest BCUT2D eigenvalue weighted by Crippen LogP contribution is 2.40. The van der Waals surface area contributed by atoms with Crippen molar-refractivity contribution in [1.29, 1.82) is 0 Å². The number of ether oxygens (including phenoxy) is 18. The van der Waals surface area contributed by atoms with Crippen LogP contribution in [0.5, 0.6) is 0 Å². The van der Waals surface area contributed by atoms with Crippen molar-refractivity contribution in [3.8, 4) is 0 Å². The molecule has 0 spiro atoms. The first kappa shape index (κ1) is 79.8. The lowest BCUT2D eigenvalue weighted by Crippen LogP contribution is -2.68. The molecule has 576 valence electrons. The predicted octanol–water partition coefficient (Wildman–Crippen LogP) is -19.6. The zero-order chi connectivity index (χ0) is 72.1. The normalized spacial score (nSPS) is 55.1. The molecule has 99 heavy (non-hydrogen) atoms. The van der Waals surface area contributed by atoms with Crippen LogP contribution < -0.4 is 0 Å². The van der Waals surface area contributed by atoms with Crippen LogP contribution in [-0.2, 0) is 85.3 Å². The number of hydrogen-bond donors (Lipinski definition) is 27. The van der Waals surface area contributed by atoms with Crippen molar-refractivity contribution in [2.24, 2.45) is 0 Å². The standard InChI is InChI=1S/C54H90O45/c55-1-10-19(63)20(64)29(73)47(83-10)92-38-11(2-56)84-46(30(74)21(38)65)82-9-18-45-28(72)37(81)54(91-18)98-44-17(8-62)89-52(35(79)26(44)70)96-42-15(6-60)87-50(33(77)24(42)68)94-40-13(4-58)85-48(31(75)22(40)66)93-39-12(3-57)86-49(32(76)23(39)67)95-41-14(5-59)88-51(34(78)25(41)69)97-43-16(7-61)90-53(99-45)36(80)27(43)71/h10-81H,1-9H2/t10-,11-,12-,13-,14+,15-,16-,17-,18-,19-,20+,21-,22-,23-,24-,25-,26-,27-,28-,29-,30-,31-,32-,33-,34-,35-,36-,37-,38-,39-,40-,41-,42-,43-,44-,45-,46+,47-,48?,49-,50-,51-,52-,53-,54-/m1/s1. The maximum Gasteiger partial charge on any atom is 0.187 e. The van der Waals surface area contributed by atoms with Crippen LogP contribution in [0, 0.1) is 0 Å². The molecule has 23 aliphatic rings. The number of rotatable bonds is 13. The Morgan fingerprint density at radius 3 is 0.657 bits per heavy atom. The molecule has 45 heteroatoms. The molecule has 0 aromatic rings. The van der Waals surface area contributed by atoms with E-state index in [9.17, 15) is 138 Å². The molecule has 0 amide bonds. The average Bonchev–Trinajstić information content (AvgIpc) is 0.784. The molecule has 14 bridgehead atoms. The van der Waals surface area contributed by atoms with E-state index in [1.807, 2.05) is 0 Å². The van der Waals surface area contributed by atoms with Gasteiger partial charge >= 0.3 is 0 Å². The number of aliphatic hydroxyl groups excluding tert-OH is 27. The largest absolute Gasteiger partial charge is 0.394 e. The topological polar surface area (TPSA) is 712 Å². The lowest BCUT2D eigenvalue weighted by Gasteiger charge is -2.50. The van der Waals surface area contributed by atoms with Gasteiger partial charge in [0, 0.05) is 0 Å². The van der Waals surface area contributed by atoms with Crippen molar-refractivity contribution >= 4 is 0 Å². The van der Waals surface area contributed by atoms with Crippen molar-refractivity contribution in [2.45, 2.75) is 276 Å². The molecule has 23 saturated heterocycles. The van der Waals surface area contributed by atoms with Gasteiger partial charge in [0.15, 0.2) is 56.6 Å². The fourth-order valence-corrected chi connectivity index (χ4v) is 13.3. The fraction of sp³-hybridized carbons (Fsp3) is 1.00. The zero-order valence-corrected chi connectivity index (χ0v) is 51.8. The monoisotopic (exact) mass is 1460 g/mol. The maximum absolute atomic E-state index is 12.0. The summed E-state index contributed by atoms with van der Waals surface area (Å²) in [5, 5.41) is 299. The second kappa shape index (κ2) is 34.0. The van der Waals surface area contributed by atoms with Gasteiger partial charge in [0.25, 0.3) is 0 Å². The summed E-state index contributed by atoms with van der Waals surface area (Å²) in [6, 6.07) is 0. The fourth-order valence-electron chi connectivity index (χ4n) is 13.3. The van der Waals surface area contributed by atoms with Crippen LogP contribution in [0.4, 0.5) is 0 Å². The van der Waals surface area contributed by atoms with Gasteiger partial charge in [-0.25, -0.2) is 0 Å². The van der Waals surface area contributed by atoms with Crippen molar-refractivity contribution < 1.29 is 223 Å². The maximum atomic E-state index is 12.0. The molecule has 23 aliphatic heterocycles. The SMILES string of the molecule is OC[C@@H]1O[C@@H]2O[C@H]3[C@H](O)[C@@H](O)[C@@H](O[C@H]4[C@H](O)[C@@H](O)[C@@H](O[C@H]5[C@H](O)[C@@H](O)[C@@H](O[C@H]6[C@H](O)[C@@H](O)[C@@H](O[C@H]7[C@H](O)[C@@H](O)C(O[C@H]8[C@H](O)[C@@H](O)[C@@H](O[C@H]1[C@H](O)[C@H]2O)O[C@@H]8CO)O[C@@H]7CO)O[C@@H]6CO)O[C@@H]5CO)O[C@@H]4CO[C@H]1O[C@H](CO)[C@@H](O[C@H]2O[C@H](CO)[C@@H](O)[C@H](O)[C@H]2O)[C@H](O)[C@H]1O)O[C@@H]3CO. The van der Waals surface area contributed by atoms with E-state index >= 15 is 0 Å². The first-order valence-electron chi connectivity index (χ1n) is 31.6. The van der Waals surface area contributed by atoms with Crippen LogP contribution >= 0.6 is 0 Å². The van der Waals surface area contributed by atoms with Gasteiger partial charge in [-0.2, -0.15) is 0 Å². The van der Waals surface area contributed by atoms with E-state index in [0.29, 0.717) is 0 Å². The summed E-state index contributed by atoms with van der Waals surface area (Å²) in [4.78, 5) is 0. The quantitative estimate of drug-likeness (QED) is 0.0814. The molecule has 27 N–H and O–H groups in total. The Bertz CT molecular complexity index is 2450. The summed E-state index contributed by atoms with van der Waals surface area (Å²) in [6.07, 6.45) is -94.3. The summed E-state index contributed by atoms with van der Waals surface area (Å²) in [7, 11) is 0. The first-order valence-corrected chi connectivity index (χ1v) is 31.6. The molecule has 23 fully saturated rings. The summed E-state index contributed by atoms with van der Waals surface area (Å²) in [5.74, 6) is 0. The highest BCUT2D eigenvalue weighted by atomic mass is 16.8. The zero-order valence-electron chi connectivity index (χ0n) is 51.8. The lowest BCUT2D eigenvalue weighted by molar-refractivity contribution is -0.399. The van der Waals surface area contributed by atoms with E-state index in [0.717, 1.165) is 0 Å². The molecule has 0 aromatic heterocycles. The number of hydrogen-bond acceptors (Lipinski definition) is 45. The molecule has 0 aromatic carbocycles. The molecule has 1 unspecified atom stereocenters. The van der Waals surface area contributed by atoms with Gasteiger partial charge in [0.2, 0.25) is 0 Å². The second-order valence-corrected chi connectivity index (χ2v) is 25.3. The Balaban J connectivity index is 0.938. The van der Waals surface area contributed by atoms with E-state index in [1.54, 1.807) is 0 Å². The molecule has 45 atom stereocenters. The first-order chi connectivity index (χ1) is 47.1. The van der Waals surface area contributed by atoms with E-state index in [1.165, 1.54) is 0 Å². The summed E-state index contributed by atoms with van der Waals surface area (Å²) in [5.41, 5.74) is 0. The number of aliphatic hydroxyl groups is 27. The van der Waals surface area contributed by atoms with Crippen LogP contribution in [-0.4, -0.2) is 474 Å². The van der Waals surface area contributed by atoms with E-state index < -0.39 is 336 Å². The lowest BCUT2D eigenvalue weighted by atomic mass is 9.95. The predicted molar refractivity (Wildman–Crippen MR) is 294 cm³/mol. The highest BCUT2D eigenvalue weighted by Gasteiger charge is 2.61. The molecular weight excluding hydrogens is 1370 g/mol. The van der Waals surface area contributed by atoms with Crippen LogP contribution in [0.2, 0.25) is 0 Å². The summed E-state index contributed by atoms with van der Waals surface area (Å²) < 4.78 is 103. The smallest absolute Gasteiger partial charge is 0.187 e. The van der Waals surface area contributed by atoms with E-state index in [4.69, 9.17) is 85.3 Å². The third-order valence-electron chi connectivity index (χ3n) is 19.0. The van der Waals surface area contributed by atoms with Crippen molar-refractivity contribution in [3.63, 3.8) is 0 Å². The van der Waals surface area contributed by atoms with Crippen LogP contribution in [0.1, 0.15) is 0 Å². The second-order valence-electron chi connectivity index (χ2n) is 25.3. The minimum atomic E-state index is -2.43. The third-order valence-corrected chi connectivity index (χ3v) is 19.0. The van der Waals surface area contributed by atoms with Crippen LogP contribution in [0.3, 0.4) is 0 Å². The third kappa shape index (κ3) is 16.0. The van der Waals surface area contributed by atoms with Gasteiger partial charge in [-0.3, -0.25) is 0 Å². The highest BCUT2D eigenvalue weighted by molar-refractivity contribution is 5.03. The van der Waals surface area contributed by atoms with Gasteiger partial charge in [-0.15, -0.1) is 0 Å². The van der Waals surface area contributed by atoms with E-state index in [-0.39, 0.29) is 0 Å². The Labute approximate surface area is 558 Å². The van der Waals surface area contributed by atoms with Gasteiger partial charge in [0.05, 0.1) is 59.5 Å². The molecule has 23 rings (SSSR count). The Morgan fingerprint density at radius 2 is 0.404 bits per heavy atom. The van der Waals surface area contributed by atoms with E-state index in [2.05, 4.69) is 0 Å². The van der Waals surface area contributed by atoms with Crippen molar-refractivity contribution in [2.75, 3.05) is 59.5 Å². The minimum absolute atomic E-state index is 0.906. The van der Waals surface area contributed by atoms with Gasteiger partial charge in [0.1, 0.15) is 220 Å². The molecule has 45 nitrogen and oxygen atoms in total. The average molecular weight is 1460 g/mol. The van der Waals surface area contributed by atoms with Gasteiger partial charge < -0.3 is 223 Å². The van der Waals surface area contributed by atoms with Crippen LogP contribution in [0.25, 0.3) is 0 Å². The van der Waals surface area contributed by atoms with Gasteiger partial charge in [-0.1, -0.05) is 0 Å². The van der Waals surface area contributed by atoms with Gasteiger partial charge in [-0.05, 0) is 0 Å². The minimum Gasteiger partial charge on any atom is -0.394 e. The summed E-state index contributed by atoms with van der Waals surface area (Å²) in [6.45, 7) is -9.86. The molecule has 0 saturated carbocycles. The molecule has 0 aliphatic carbocycles. The Hall–Kier alpha value is -1.80.